The van der Waals surface area contributed by atoms with E-state index in [2.05, 4.69) is 5.32 Å². The van der Waals surface area contributed by atoms with Gasteiger partial charge in [0.1, 0.15) is 12.6 Å². The molecular formula is C27H37N3O5S. The Morgan fingerprint density at radius 3 is 2.28 bits per heavy atom. The molecule has 0 radical (unpaired) electrons. The molecule has 2 aromatic rings. The Labute approximate surface area is 214 Å². The van der Waals surface area contributed by atoms with Crippen LogP contribution >= 0.6 is 0 Å². The number of nitrogens with zero attached hydrogens (tertiary/aromatic N) is 2. The van der Waals surface area contributed by atoms with Crippen molar-refractivity contribution in [3.05, 3.63) is 65.7 Å². The van der Waals surface area contributed by atoms with Crippen LogP contribution in [0.1, 0.15) is 56.0 Å². The summed E-state index contributed by atoms with van der Waals surface area (Å²) in [5.74, 6) is -0.949. The fraction of sp³-hybridized carbons (Fsp3) is 0.444. The van der Waals surface area contributed by atoms with Crippen LogP contribution in [0.3, 0.4) is 0 Å². The van der Waals surface area contributed by atoms with Crippen LogP contribution in [0.25, 0.3) is 0 Å². The lowest BCUT2D eigenvalue weighted by Gasteiger charge is -2.33. The van der Waals surface area contributed by atoms with Gasteiger partial charge >= 0.3 is 0 Å². The molecule has 0 saturated carbocycles. The molecule has 0 aliphatic rings. The molecular weight excluding hydrogens is 478 g/mol. The van der Waals surface area contributed by atoms with Crippen LogP contribution in [0.15, 0.2) is 54.6 Å². The molecule has 0 fully saturated rings. The molecule has 196 valence electrons. The number of hydrogen-bond acceptors (Lipinski definition) is 5. The minimum absolute atomic E-state index is 0.212. The first-order valence-electron chi connectivity index (χ1n) is 12.3. The van der Waals surface area contributed by atoms with Crippen molar-refractivity contribution in [1.82, 2.24) is 10.2 Å². The number of anilines is 1. The van der Waals surface area contributed by atoms with Crippen molar-refractivity contribution in [3.8, 4) is 0 Å². The maximum atomic E-state index is 13.6. The van der Waals surface area contributed by atoms with Crippen molar-refractivity contribution in [3.63, 3.8) is 0 Å². The highest BCUT2D eigenvalue weighted by atomic mass is 32.2. The second-order valence-corrected chi connectivity index (χ2v) is 10.7. The van der Waals surface area contributed by atoms with Gasteiger partial charge in [0.05, 0.1) is 11.9 Å². The Hall–Kier alpha value is -3.20. The van der Waals surface area contributed by atoms with Crippen molar-refractivity contribution in [2.45, 2.75) is 52.5 Å². The number of Topliss-reactive ketones (excluding diaryl/α,β-unsaturated/α-hetero) is 1. The van der Waals surface area contributed by atoms with Gasteiger partial charge in [-0.05, 0) is 43.9 Å². The van der Waals surface area contributed by atoms with Crippen molar-refractivity contribution in [1.29, 1.82) is 0 Å². The maximum absolute atomic E-state index is 13.6. The molecule has 0 saturated heterocycles. The maximum Gasteiger partial charge on any atom is 0.244 e. The van der Waals surface area contributed by atoms with Crippen LogP contribution in [0.4, 0.5) is 5.69 Å². The van der Waals surface area contributed by atoms with Gasteiger partial charge in [-0.3, -0.25) is 18.7 Å². The number of amides is 2. The molecule has 0 spiro atoms. The molecule has 1 unspecified atom stereocenters. The quantitative estimate of drug-likeness (QED) is 0.307. The predicted octanol–water partition coefficient (Wildman–Crippen LogP) is 3.42. The Bertz CT molecular complexity index is 1140. The third-order valence-corrected chi connectivity index (χ3v) is 7.06. The monoisotopic (exact) mass is 515 g/mol. The molecule has 0 aromatic heterocycles. The predicted molar refractivity (Wildman–Crippen MR) is 142 cm³/mol. The number of carbonyl (C=O) groups excluding carboxylic acids is 3. The Kier molecular flexibility index (Phi) is 11.1. The highest BCUT2D eigenvalue weighted by Crippen LogP contribution is 2.21. The Morgan fingerprint density at radius 2 is 1.69 bits per heavy atom. The van der Waals surface area contributed by atoms with Crippen LogP contribution in [0.2, 0.25) is 0 Å². The third-order valence-electron chi connectivity index (χ3n) is 5.92. The summed E-state index contributed by atoms with van der Waals surface area (Å²) in [7, 11) is -3.85. The second-order valence-electron chi connectivity index (χ2n) is 8.77. The van der Waals surface area contributed by atoms with Crippen molar-refractivity contribution < 1.29 is 22.8 Å². The molecule has 0 heterocycles. The Morgan fingerprint density at radius 1 is 1.00 bits per heavy atom. The van der Waals surface area contributed by atoms with Crippen molar-refractivity contribution >= 4 is 33.3 Å². The van der Waals surface area contributed by atoms with Gasteiger partial charge in [0.25, 0.3) is 0 Å². The number of unbranched alkanes of at least 4 members (excludes halogenated alkanes) is 1. The van der Waals surface area contributed by atoms with E-state index in [4.69, 9.17) is 0 Å². The summed E-state index contributed by atoms with van der Waals surface area (Å²) in [5, 5.41) is 2.90. The van der Waals surface area contributed by atoms with Crippen LogP contribution in [0, 0.1) is 0 Å². The van der Waals surface area contributed by atoms with Gasteiger partial charge in [-0.15, -0.1) is 0 Å². The molecule has 8 nitrogen and oxygen atoms in total. The van der Waals surface area contributed by atoms with Gasteiger partial charge in [-0.1, -0.05) is 62.7 Å². The smallest absolute Gasteiger partial charge is 0.244 e. The van der Waals surface area contributed by atoms with E-state index in [9.17, 15) is 22.8 Å². The minimum Gasteiger partial charge on any atom is -0.354 e. The molecule has 2 aromatic carbocycles. The molecule has 0 bridgehead atoms. The average Bonchev–Trinajstić information content (AvgIpc) is 2.85. The lowest BCUT2D eigenvalue weighted by Crippen LogP contribution is -2.53. The zero-order chi connectivity index (χ0) is 26.7. The van der Waals surface area contributed by atoms with Gasteiger partial charge in [0, 0.05) is 18.7 Å². The van der Waals surface area contributed by atoms with Crippen molar-refractivity contribution in [2.75, 3.05) is 30.2 Å². The van der Waals surface area contributed by atoms with Gasteiger partial charge < -0.3 is 10.2 Å². The van der Waals surface area contributed by atoms with Crippen LogP contribution in [0.5, 0.6) is 0 Å². The first kappa shape index (κ1) is 29.0. The van der Waals surface area contributed by atoms with E-state index in [1.807, 2.05) is 44.2 Å². The van der Waals surface area contributed by atoms with E-state index in [0.29, 0.717) is 24.9 Å². The lowest BCUT2D eigenvalue weighted by molar-refractivity contribution is -0.139. The van der Waals surface area contributed by atoms with Gasteiger partial charge in [-0.25, -0.2) is 8.42 Å². The number of sulfonamides is 1. The molecule has 1 atom stereocenters. The summed E-state index contributed by atoms with van der Waals surface area (Å²) in [5.41, 5.74) is 1.57. The molecule has 9 heteroatoms. The Balaban J connectivity index is 2.37. The summed E-state index contributed by atoms with van der Waals surface area (Å²) >= 11 is 0. The highest BCUT2D eigenvalue weighted by Gasteiger charge is 2.31. The highest BCUT2D eigenvalue weighted by molar-refractivity contribution is 7.92. The lowest BCUT2D eigenvalue weighted by atomic mass is 10.1. The van der Waals surface area contributed by atoms with Crippen LogP contribution < -0.4 is 9.62 Å². The fourth-order valence-electron chi connectivity index (χ4n) is 3.90. The van der Waals surface area contributed by atoms with E-state index in [0.717, 1.165) is 29.0 Å². The number of carbonyl (C=O) groups is 3. The first-order valence-corrected chi connectivity index (χ1v) is 14.1. The number of ketones is 1. The molecule has 1 N–H and O–H groups in total. The second kappa shape index (κ2) is 13.8. The summed E-state index contributed by atoms with van der Waals surface area (Å²) in [6.45, 7) is 5.54. The fourth-order valence-corrected chi connectivity index (χ4v) is 4.74. The number of rotatable bonds is 14. The number of nitrogens with one attached hydrogen (secondary N) is 1. The van der Waals surface area contributed by atoms with Gasteiger partial charge in [0.2, 0.25) is 21.8 Å². The molecule has 0 aliphatic carbocycles. The number of hydrogen-bond donors (Lipinski definition) is 1. The topological polar surface area (TPSA) is 104 Å². The molecule has 0 aliphatic heterocycles. The summed E-state index contributed by atoms with van der Waals surface area (Å²) in [6.07, 6.45) is 3.68. The summed E-state index contributed by atoms with van der Waals surface area (Å²) in [6, 6.07) is 15.1. The molecule has 2 rings (SSSR count). The standard InChI is InChI=1S/C27H37N3O5S/c1-5-7-17-28-27(33)25(6-2)29(18-16-22-12-9-8-10-13-22)26(32)20-30(36(4,34)35)24-15-11-14-23(19-24)21(3)31/h8-15,19,25H,5-7,16-18,20H2,1-4H3,(H,28,33). The average molecular weight is 516 g/mol. The van der Waals surface area contributed by atoms with Crippen LogP contribution in [-0.4, -0.2) is 62.8 Å². The van der Waals surface area contributed by atoms with Crippen LogP contribution in [-0.2, 0) is 26.0 Å². The van der Waals surface area contributed by atoms with Crippen molar-refractivity contribution in [2.24, 2.45) is 0 Å². The normalized spacial score (nSPS) is 12.0. The third kappa shape index (κ3) is 8.48. The summed E-state index contributed by atoms with van der Waals surface area (Å²) < 4.78 is 26.4. The molecule has 36 heavy (non-hydrogen) atoms. The zero-order valence-corrected chi connectivity index (χ0v) is 22.4. The largest absolute Gasteiger partial charge is 0.354 e. The minimum atomic E-state index is -3.85. The van der Waals surface area contributed by atoms with Gasteiger partial charge in [0.15, 0.2) is 5.78 Å². The van der Waals surface area contributed by atoms with Gasteiger partial charge in [-0.2, -0.15) is 0 Å². The summed E-state index contributed by atoms with van der Waals surface area (Å²) in [4.78, 5) is 39.9. The molecule has 2 amide bonds. The van der Waals surface area contributed by atoms with E-state index >= 15 is 0 Å². The van der Waals surface area contributed by atoms with E-state index < -0.39 is 28.5 Å². The van der Waals surface area contributed by atoms with E-state index in [-0.39, 0.29) is 23.9 Å². The number of benzene rings is 2. The van der Waals surface area contributed by atoms with E-state index in [1.54, 1.807) is 18.2 Å². The first-order chi connectivity index (χ1) is 17.1. The van der Waals surface area contributed by atoms with E-state index in [1.165, 1.54) is 17.9 Å². The SMILES string of the molecule is CCCCNC(=O)C(CC)N(CCc1ccccc1)C(=O)CN(c1cccc(C(C)=O)c1)S(C)(=O)=O. The zero-order valence-electron chi connectivity index (χ0n) is 21.6.